The lowest BCUT2D eigenvalue weighted by atomic mass is 10.1. The van der Waals surface area contributed by atoms with Gasteiger partial charge in [0.05, 0.1) is 32.0 Å². The molecule has 1 atom stereocenters. The van der Waals surface area contributed by atoms with Gasteiger partial charge in [-0.15, -0.1) is 0 Å². The first-order valence-electron chi connectivity index (χ1n) is 10.3. The van der Waals surface area contributed by atoms with Crippen LogP contribution in [0.4, 0.5) is 0 Å². The number of rotatable bonds is 8. The van der Waals surface area contributed by atoms with Crippen molar-refractivity contribution in [3.05, 3.63) is 29.3 Å². The molecule has 2 aliphatic heterocycles. The van der Waals surface area contributed by atoms with E-state index in [9.17, 15) is 5.11 Å². The van der Waals surface area contributed by atoms with Crippen molar-refractivity contribution in [2.45, 2.75) is 32.3 Å². The van der Waals surface area contributed by atoms with Gasteiger partial charge in [-0.25, -0.2) is 0 Å². The number of aliphatic imine (C=N–C) groups is 1. The van der Waals surface area contributed by atoms with Crippen molar-refractivity contribution in [1.29, 1.82) is 0 Å². The molecule has 2 heterocycles. The van der Waals surface area contributed by atoms with Crippen molar-refractivity contribution in [2.24, 2.45) is 4.99 Å². The molecule has 2 aliphatic rings. The number of hydrogen-bond acceptors (Lipinski definition) is 5. The maximum Gasteiger partial charge on any atom is 0.191 e. The van der Waals surface area contributed by atoms with E-state index in [2.05, 4.69) is 38.7 Å². The fourth-order valence-corrected chi connectivity index (χ4v) is 3.60. The summed E-state index contributed by atoms with van der Waals surface area (Å²) in [4.78, 5) is 6.84. The van der Waals surface area contributed by atoms with Crippen LogP contribution in [0.3, 0.4) is 0 Å². The van der Waals surface area contributed by atoms with Crippen LogP contribution < -0.4 is 15.4 Å². The van der Waals surface area contributed by atoms with Gasteiger partial charge < -0.3 is 25.2 Å². The molecule has 1 aromatic rings. The minimum absolute atomic E-state index is 0.357. The lowest BCUT2D eigenvalue weighted by Gasteiger charge is -2.33. The molecule has 1 aromatic carbocycles. The van der Waals surface area contributed by atoms with E-state index < -0.39 is 5.60 Å². The SMILES string of the molecule is CCNC(=NCC(C)(O)CN1CCOCC1)NCCc1ccc2c(c1)CCO2. The highest BCUT2D eigenvalue weighted by atomic mass is 16.5. The number of β-amino-alcohol motifs (C(OH)–C–C–N with tert-alkyl or cyclic N) is 1. The minimum Gasteiger partial charge on any atom is -0.493 e. The molecule has 0 radical (unpaired) electrons. The molecule has 28 heavy (non-hydrogen) atoms. The van der Waals surface area contributed by atoms with Gasteiger partial charge >= 0.3 is 0 Å². The van der Waals surface area contributed by atoms with Crippen LogP contribution >= 0.6 is 0 Å². The fraction of sp³-hybridized carbons (Fsp3) is 0.667. The van der Waals surface area contributed by atoms with Crippen molar-refractivity contribution >= 4 is 5.96 Å². The molecule has 7 nitrogen and oxygen atoms in total. The zero-order valence-electron chi connectivity index (χ0n) is 17.2. The smallest absolute Gasteiger partial charge is 0.191 e. The van der Waals surface area contributed by atoms with E-state index in [-0.39, 0.29) is 0 Å². The monoisotopic (exact) mass is 390 g/mol. The van der Waals surface area contributed by atoms with Crippen molar-refractivity contribution in [3.63, 3.8) is 0 Å². The Bertz CT molecular complexity index is 657. The van der Waals surface area contributed by atoms with Crippen LogP contribution in [0.5, 0.6) is 5.75 Å². The van der Waals surface area contributed by atoms with Gasteiger partial charge in [0.1, 0.15) is 5.75 Å². The fourth-order valence-electron chi connectivity index (χ4n) is 3.60. The number of guanidine groups is 1. The van der Waals surface area contributed by atoms with Crippen LogP contribution in [-0.2, 0) is 17.6 Å². The summed E-state index contributed by atoms with van der Waals surface area (Å²) in [5, 5.41) is 17.4. The number of ether oxygens (including phenoxy) is 2. The number of morpholine rings is 1. The van der Waals surface area contributed by atoms with E-state index in [1.807, 2.05) is 13.8 Å². The first kappa shape index (κ1) is 20.9. The molecule has 1 unspecified atom stereocenters. The highest BCUT2D eigenvalue weighted by molar-refractivity contribution is 5.79. The second-order valence-corrected chi connectivity index (χ2v) is 7.80. The Morgan fingerprint density at radius 2 is 2.07 bits per heavy atom. The summed E-state index contributed by atoms with van der Waals surface area (Å²) in [5.74, 6) is 1.77. The molecule has 7 heteroatoms. The summed E-state index contributed by atoms with van der Waals surface area (Å²) in [5.41, 5.74) is 1.74. The Labute approximate surface area is 168 Å². The average Bonchev–Trinajstić information content (AvgIpc) is 3.14. The molecule has 3 rings (SSSR count). The second kappa shape index (κ2) is 10.1. The predicted molar refractivity (Wildman–Crippen MR) is 111 cm³/mol. The van der Waals surface area contributed by atoms with Gasteiger partial charge in [0.2, 0.25) is 0 Å². The highest BCUT2D eigenvalue weighted by Crippen LogP contribution is 2.25. The van der Waals surface area contributed by atoms with E-state index in [0.717, 1.165) is 70.6 Å². The third kappa shape index (κ3) is 6.36. The Kier molecular flexibility index (Phi) is 7.53. The van der Waals surface area contributed by atoms with Gasteiger partial charge in [0.25, 0.3) is 0 Å². The first-order valence-corrected chi connectivity index (χ1v) is 10.3. The average molecular weight is 391 g/mol. The summed E-state index contributed by atoms with van der Waals surface area (Å²) in [7, 11) is 0. The zero-order valence-corrected chi connectivity index (χ0v) is 17.2. The molecule has 0 amide bonds. The predicted octanol–water partition coefficient (Wildman–Crippen LogP) is 0.802. The Morgan fingerprint density at radius 1 is 1.25 bits per heavy atom. The van der Waals surface area contributed by atoms with Gasteiger partial charge in [-0.05, 0) is 37.5 Å². The van der Waals surface area contributed by atoms with Gasteiger partial charge in [0, 0.05) is 39.1 Å². The number of fused-ring (bicyclic) bond motifs is 1. The third-order valence-corrected chi connectivity index (χ3v) is 5.05. The van der Waals surface area contributed by atoms with Crippen LogP contribution in [-0.4, -0.2) is 80.7 Å². The molecule has 0 aliphatic carbocycles. The molecule has 156 valence electrons. The van der Waals surface area contributed by atoms with Gasteiger partial charge in [-0.1, -0.05) is 12.1 Å². The summed E-state index contributed by atoms with van der Waals surface area (Å²) in [6.07, 6.45) is 1.92. The van der Waals surface area contributed by atoms with E-state index >= 15 is 0 Å². The molecule has 3 N–H and O–H groups in total. The van der Waals surface area contributed by atoms with Crippen molar-refractivity contribution in [3.8, 4) is 5.75 Å². The first-order chi connectivity index (χ1) is 13.6. The Hall–Kier alpha value is -1.83. The van der Waals surface area contributed by atoms with E-state index in [1.54, 1.807) is 0 Å². The van der Waals surface area contributed by atoms with E-state index in [1.165, 1.54) is 11.1 Å². The number of nitrogens with one attached hydrogen (secondary N) is 2. The van der Waals surface area contributed by atoms with Crippen molar-refractivity contribution in [2.75, 3.05) is 59.1 Å². The maximum atomic E-state index is 10.7. The molecule has 0 bridgehead atoms. The van der Waals surface area contributed by atoms with Crippen LogP contribution in [0.1, 0.15) is 25.0 Å². The molecular formula is C21H34N4O3. The summed E-state index contributed by atoms with van der Waals surface area (Å²) >= 11 is 0. The summed E-state index contributed by atoms with van der Waals surface area (Å²) in [6, 6.07) is 6.43. The Balaban J connectivity index is 1.47. The highest BCUT2D eigenvalue weighted by Gasteiger charge is 2.25. The van der Waals surface area contributed by atoms with Crippen LogP contribution in [0.15, 0.2) is 23.2 Å². The normalized spacial score (nSPS) is 19.6. The third-order valence-electron chi connectivity index (χ3n) is 5.05. The van der Waals surface area contributed by atoms with Gasteiger partial charge in [0.15, 0.2) is 5.96 Å². The quantitative estimate of drug-likeness (QED) is 0.450. The number of nitrogens with zero attached hydrogens (tertiary/aromatic N) is 2. The topological polar surface area (TPSA) is 78.4 Å². The minimum atomic E-state index is -0.861. The zero-order chi connectivity index (χ0) is 19.8. The molecule has 0 spiro atoms. The van der Waals surface area contributed by atoms with Crippen molar-refractivity contribution in [1.82, 2.24) is 15.5 Å². The molecular weight excluding hydrogens is 356 g/mol. The lowest BCUT2D eigenvalue weighted by Crippen LogP contribution is -2.48. The standard InChI is InChI=1S/C21H34N4O3/c1-3-22-20(24-15-21(2,26)16-25-9-12-27-13-10-25)23-8-6-17-4-5-19-18(14-17)7-11-28-19/h4-5,14,26H,3,6-13,15-16H2,1-2H3,(H2,22,23,24). The van der Waals surface area contributed by atoms with Crippen LogP contribution in [0.2, 0.25) is 0 Å². The largest absolute Gasteiger partial charge is 0.493 e. The Morgan fingerprint density at radius 3 is 2.86 bits per heavy atom. The number of aliphatic hydroxyl groups is 1. The van der Waals surface area contributed by atoms with E-state index in [0.29, 0.717) is 13.1 Å². The molecule has 1 saturated heterocycles. The molecule has 0 saturated carbocycles. The molecule has 0 aromatic heterocycles. The summed E-state index contributed by atoms with van der Waals surface area (Å²) < 4.78 is 10.9. The summed E-state index contributed by atoms with van der Waals surface area (Å²) in [6.45, 7) is 10.4. The number of hydrogen-bond donors (Lipinski definition) is 3. The maximum absolute atomic E-state index is 10.7. The molecule has 1 fully saturated rings. The van der Waals surface area contributed by atoms with Crippen LogP contribution in [0, 0.1) is 0 Å². The van der Waals surface area contributed by atoms with Gasteiger partial charge in [-0.2, -0.15) is 0 Å². The van der Waals surface area contributed by atoms with Crippen molar-refractivity contribution < 1.29 is 14.6 Å². The van der Waals surface area contributed by atoms with Crippen LogP contribution in [0.25, 0.3) is 0 Å². The van der Waals surface area contributed by atoms with E-state index in [4.69, 9.17) is 9.47 Å². The number of benzene rings is 1. The lowest BCUT2D eigenvalue weighted by molar-refractivity contribution is -0.0179. The second-order valence-electron chi connectivity index (χ2n) is 7.80. The van der Waals surface area contributed by atoms with Gasteiger partial charge in [-0.3, -0.25) is 9.89 Å².